The van der Waals surface area contributed by atoms with Gasteiger partial charge in [0.05, 0.1) is 19.4 Å². The Morgan fingerprint density at radius 1 is 1.17 bits per heavy atom. The summed E-state index contributed by atoms with van der Waals surface area (Å²) < 4.78 is 30.9. The number of amides is 1. The number of carbonyl (C=O) groups is 1. The Bertz CT molecular complexity index is 965. The third-order valence-corrected chi connectivity index (χ3v) is 5.23. The van der Waals surface area contributed by atoms with Crippen LogP contribution in [-0.4, -0.2) is 16.9 Å². The first-order valence-corrected chi connectivity index (χ1v) is 9.82. The molecular formula is C23H24FNO4. The maximum absolute atomic E-state index is 13.9. The van der Waals surface area contributed by atoms with Crippen molar-refractivity contribution in [3.8, 4) is 5.75 Å². The average molecular weight is 397 g/mol. The third kappa shape index (κ3) is 4.53. The maximum Gasteiger partial charge on any atom is 0.264 e. The van der Waals surface area contributed by atoms with Crippen LogP contribution in [0.1, 0.15) is 43.5 Å². The molecule has 1 fully saturated rings. The highest BCUT2D eigenvalue weighted by Crippen LogP contribution is 2.47. The molecule has 0 aliphatic heterocycles. The first-order valence-electron chi connectivity index (χ1n) is 9.82. The smallest absolute Gasteiger partial charge is 0.264 e. The molecule has 0 bridgehead atoms. The quantitative estimate of drug-likeness (QED) is 0.529. The third-order valence-electron chi connectivity index (χ3n) is 5.23. The molecule has 2 heterocycles. The van der Waals surface area contributed by atoms with Gasteiger partial charge in [-0.1, -0.05) is 19.1 Å². The van der Waals surface area contributed by atoms with Gasteiger partial charge in [-0.25, -0.2) is 4.39 Å². The zero-order valence-electron chi connectivity index (χ0n) is 16.5. The Hall–Kier alpha value is -3.02. The molecule has 2 aromatic heterocycles. The molecule has 152 valence electrons. The summed E-state index contributed by atoms with van der Waals surface area (Å²) in [6, 6.07) is 13.5. The van der Waals surface area contributed by atoms with Crippen molar-refractivity contribution < 1.29 is 22.8 Å². The van der Waals surface area contributed by atoms with Gasteiger partial charge < -0.3 is 18.5 Å². The molecule has 1 amide bonds. The van der Waals surface area contributed by atoms with E-state index in [4.69, 9.17) is 13.6 Å². The molecule has 6 heteroatoms. The molecule has 0 saturated heterocycles. The number of furan rings is 2. The molecule has 3 unspecified atom stereocenters. The molecule has 1 aromatic carbocycles. The summed E-state index contributed by atoms with van der Waals surface area (Å²) in [5, 5.41) is 0. The van der Waals surface area contributed by atoms with Gasteiger partial charge in [0.15, 0.2) is 17.7 Å². The summed E-state index contributed by atoms with van der Waals surface area (Å²) in [6.07, 6.45) is 1.84. The Morgan fingerprint density at radius 3 is 2.62 bits per heavy atom. The van der Waals surface area contributed by atoms with Crippen molar-refractivity contribution in [3.63, 3.8) is 0 Å². The number of benzene rings is 1. The lowest BCUT2D eigenvalue weighted by Gasteiger charge is -2.24. The minimum absolute atomic E-state index is 0.0503. The van der Waals surface area contributed by atoms with Gasteiger partial charge in [0, 0.05) is 5.92 Å². The van der Waals surface area contributed by atoms with Crippen LogP contribution in [0.3, 0.4) is 0 Å². The van der Waals surface area contributed by atoms with Crippen molar-refractivity contribution in [3.05, 3.63) is 77.9 Å². The number of rotatable bonds is 8. The molecule has 4 rings (SSSR count). The van der Waals surface area contributed by atoms with E-state index < -0.39 is 11.9 Å². The van der Waals surface area contributed by atoms with Crippen molar-refractivity contribution in [1.29, 1.82) is 0 Å². The lowest BCUT2D eigenvalue weighted by atomic mass is 10.2. The average Bonchev–Trinajstić information content (AvgIpc) is 3.10. The van der Waals surface area contributed by atoms with Gasteiger partial charge in [-0.05, 0) is 55.7 Å². The molecule has 1 saturated carbocycles. The number of halogens is 1. The highest BCUT2D eigenvalue weighted by Gasteiger charge is 2.36. The zero-order chi connectivity index (χ0) is 20.4. The normalized spacial score (nSPS) is 19.0. The van der Waals surface area contributed by atoms with E-state index in [0.29, 0.717) is 23.4 Å². The first kappa shape index (κ1) is 19.3. The van der Waals surface area contributed by atoms with Gasteiger partial charge in [-0.15, -0.1) is 0 Å². The highest BCUT2D eigenvalue weighted by molar-refractivity contribution is 5.80. The van der Waals surface area contributed by atoms with Crippen molar-refractivity contribution in [2.45, 2.75) is 45.4 Å². The van der Waals surface area contributed by atoms with Crippen LogP contribution in [0, 0.1) is 11.7 Å². The molecule has 5 nitrogen and oxygen atoms in total. The standard InChI is InChI=1S/C23H24FNO4/c1-15-12-19(15)21-10-9-18(29-21)14-25(13-17-6-5-11-27-17)23(26)16(2)28-22-8-4-3-7-20(22)24/h3-11,15-16,19H,12-14H2,1-2H3. The van der Waals surface area contributed by atoms with Gasteiger partial charge in [-0.2, -0.15) is 0 Å². The number of nitrogens with zero attached hydrogens (tertiary/aromatic N) is 1. The van der Waals surface area contributed by atoms with Crippen LogP contribution in [0.25, 0.3) is 0 Å². The van der Waals surface area contributed by atoms with E-state index in [9.17, 15) is 9.18 Å². The van der Waals surface area contributed by atoms with Crippen LogP contribution >= 0.6 is 0 Å². The molecule has 1 aliphatic carbocycles. The predicted molar refractivity (Wildman–Crippen MR) is 105 cm³/mol. The Balaban J connectivity index is 1.49. The van der Waals surface area contributed by atoms with E-state index in [1.54, 1.807) is 36.3 Å². The highest BCUT2D eigenvalue weighted by atomic mass is 19.1. The molecule has 3 atom stereocenters. The molecule has 29 heavy (non-hydrogen) atoms. The second kappa shape index (κ2) is 8.15. The van der Waals surface area contributed by atoms with Gasteiger partial charge in [-0.3, -0.25) is 4.79 Å². The molecule has 3 aromatic rings. The minimum Gasteiger partial charge on any atom is -0.478 e. The van der Waals surface area contributed by atoms with Crippen molar-refractivity contribution in [2.75, 3.05) is 0 Å². The maximum atomic E-state index is 13.9. The summed E-state index contributed by atoms with van der Waals surface area (Å²) in [6.45, 7) is 4.36. The van der Waals surface area contributed by atoms with Gasteiger partial charge in [0.25, 0.3) is 5.91 Å². The largest absolute Gasteiger partial charge is 0.478 e. The predicted octanol–water partition coefficient (Wildman–Crippen LogP) is 5.13. The summed E-state index contributed by atoms with van der Waals surface area (Å²) in [5.74, 6) is 2.71. The fraction of sp³-hybridized carbons (Fsp3) is 0.348. The topological polar surface area (TPSA) is 55.8 Å². The zero-order valence-corrected chi connectivity index (χ0v) is 16.5. The Kier molecular flexibility index (Phi) is 5.43. The van der Waals surface area contributed by atoms with Crippen molar-refractivity contribution in [2.24, 2.45) is 5.92 Å². The molecular weight excluding hydrogens is 373 g/mol. The Morgan fingerprint density at radius 2 is 1.93 bits per heavy atom. The van der Waals surface area contributed by atoms with E-state index in [2.05, 4.69) is 6.92 Å². The molecule has 0 radical (unpaired) electrons. The Labute approximate surface area is 169 Å². The second-order valence-corrected chi connectivity index (χ2v) is 7.59. The molecule has 0 spiro atoms. The summed E-state index contributed by atoms with van der Waals surface area (Å²) >= 11 is 0. The number of carbonyl (C=O) groups excluding carboxylic acids is 1. The fourth-order valence-corrected chi connectivity index (χ4v) is 3.43. The molecule has 1 aliphatic rings. The summed E-state index contributed by atoms with van der Waals surface area (Å²) in [4.78, 5) is 14.7. The van der Waals surface area contributed by atoms with Crippen LogP contribution in [0.4, 0.5) is 4.39 Å². The van der Waals surface area contributed by atoms with Gasteiger partial charge >= 0.3 is 0 Å². The monoisotopic (exact) mass is 397 g/mol. The molecule has 0 N–H and O–H groups in total. The van der Waals surface area contributed by atoms with Crippen LogP contribution in [-0.2, 0) is 17.9 Å². The van der Waals surface area contributed by atoms with E-state index in [-0.39, 0.29) is 24.7 Å². The van der Waals surface area contributed by atoms with Crippen molar-refractivity contribution in [1.82, 2.24) is 4.90 Å². The van der Waals surface area contributed by atoms with E-state index in [1.165, 1.54) is 12.1 Å². The number of hydrogen-bond donors (Lipinski definition) is 0. The second-order valence-electron chi connectivity index (χ2n) is 7.59. The summed E-state index contributed by atoms with van der Waals surface area (Å²) in [7, 11) is 0. The fourth-order valence-electron chi connectivity index (χ4n) is 3.43. The van der Waals surface area contributed by atoms with E-state index >= 15 is 0 Å². The lowest BCUT2D eigenvalue weighted by Crippen LogP contribution is -2.39. The van der Waals surface area contributed by atoms with E-state index in [0.717, 1.165) is 12.2 Å². The van der Waals surface area contributed by atoms with Crippen molar-refractivity contribution >= 4 is 5.91 Å². The van der Waals surface area contributed by atoms with Crippen LogP contribution < -0.4 is 4.74 Å². The van der Waals surface area contributed by atoms with E-state index in [1.807, 2.05) is 18.2 Å². The first-order chi connectivity index (χ1) is 14.0. The van der Waals surface area contributed by atoms with Crippen LogP contribution in [0.15, 0.2) is 63.6 Å². The lowest BCUT2D eigenvalue weighted by molar-refractivity contribution is -0.139. The number of para-hydroxylation sites is 1. The SMILES string of the molecule is CC(Oc1ccccc1F)C(=O)N(Cc1ccco1)Cc1ccc(C2CC2C)o1. The van der Waals surface area contributed by atoms with Gasteiger partial charge in [0.2, 0.25) is 0 Å². The van der Waals surface area contributed by atoms with Crippen LogP contribution in [0.5, 0.6) is 5.75 Å². The summed E-state index contributed by atoms with van der Waals surface area (Å²) in [5.41, 5.74) is 0. The van der Waals surface area contributed by atoms with Crippen LogP contribution in [0.2, 0.25) is 0 Å². The minimum atomic E-state index is -0.861. The van der Waals surface area contributed by atoms with Gasteiger partial charge in [0.1, 0.15) is 17.3 Å². The number of hydrogen-bond acceptors (Lipinski definition) is 4. The number of ether oxygens (including phenoxy) is 1.